The van der Waals surface area contributed by atoms with Crippen LogP contribution in [0, 0.1) is 11.8 Å². The van der Waals surface area contributed by atoms with E-state index in [-0.39, 0.29) is 0 Å². The van der Waals surface area contributed by atoms with Crippen molar-refractivity contribution >= 4 is 27.3 Å². The molecule has 1 aromatic rings. The first-order valence-electron chi connectivity index (χ1n) is 3.25. The molecule has 1 nitrogen and oxygen atoms in total. The second-order valence-corrected chi connectivity index (χ2v) is 3.57. The summed E-state index contributed by atoms with van der Waals surface area (Å²) in [5.41, 5.74) is 6.35. The fraction of sp³-hybridized carbons (Fsp3) is 0.250. The summed E-state index contributed by atoms with van der Waals surface area (Å²) in [6.45, 7) is 0.634. The fourth-order valence-corrected chi connectivity index (χ4v) is 1.93. The van der Waals surface area contributed by atoms with E-state index in [0.29, 0.717) is 6.54 Å². The van der Waals surface area contributed by atoms with Crippen molar-refractivity contribution in [2.24, 2.45) is 5.73 Å². The average Bonchev–Trinajstić information content (AvgIpc) is 2.37. The Morgan fingerprint density at radius 2 is 2.36 bits per heavy atom. The molecule has 0 fully saturated rings. The van der Waals surface area contributed by atoms with Gasteiger partial charge in [0, 0.05) is 33.8 Å². The van der Waals surface area contributed by atoms with Gasteiger partial charge in [0.2, 0.25) is 0 Å². The van der Waals surface area contributed by atoms with Gasteiger partial charge in [-0.25, -0.2) is 0 Å². The first-order valence-corrected chi connectivity index (χ1v) is 4.99. The van der Waals surface area contributed by atoms with Crippen LogP contribution in [-0.2, 0) is 0 Å². The third-order valence-corrected chi connectivity index (χ3v) is 2.81. The van der Waals surface area contributed by atoms with Gasteiger partial charge in [0.15, 0.2) is 0 Å². The molecule has 0 atom stereocenters. The van der Waals surface area contributed by atoms with Crippen LogP contribution >= 0.6 is 27.3 Å². The van der Waals surface area contributed by atoms with Crippen LogP contribution in [0.4, 0.5) is 0 Å². The summed E-state index contributed by atoms with van der Waals surface area (Å²) < 4.78 is 1.08. The summed E-state index contributed by atoms with van der Waals surface area (Å²) in [5.74, 6) is 6.01. The van der Waals surface area contributed by atoms with Gasteiger partial charge in [-0.2, -0.15) is 0 Å². The van der Waals surface area contributed by atoms with E-state index in [1.807, 2.05) is 10.8 Å². The maximum absolute atomic E-state index is 5.29. The first-order chi connectivity index (χ1) is 5.34. The zero-order valence-corrected chi connectivity index (χ0v) is 8.33. The lowest BCUT2D eigenvalue weighted by molar-refractivity contribution is 1.03. The molecule has 1 heterocycles. The van der Waals surface area contributed by atoms with Gasteiger partial charge in [-0.3, -0.25) is 0 Å². The van der Waals surface area contributed by atoms with Gasteiger partial charge in [0.1, 0.15) is 0 Å². The molecule has 0 aliphatic carbocycles. The van der Waals surface area contributed by atoms with Gasteiger partial charge in [-0.15, -0.1) is 11.3 Å². The molecule has 0 spiro atoms. The number of hydrogen-bond acceptors (Lipinski definition) is 2. The number of nitrogens with two attached hydrogens (primary N) is 1. The van der Waals surface area contributed by atoms with Gasteiger partial charge in [0.25, 0.3) is 0 Å². The lowest BCUT2D eigenvalue weighted by atomic mass is 10.3. The van der Waals surface area contributed by atoms with Crippen molar-refractivity contribution in [1.82, 2.24) is 0 Å². The highest BCUT2D eigenvalue weighted by molar-refractivity contribution is 9.10. The third-order valence-electron chi connectivity index (χ3n) is 1.11. The van der Waals surface area contributed by atoms with E-state index in [4.69, 9.17) is 5.73 Å². The van der Waals surface area contributed by atoms with Crippen LogP contribution in [0.3, 0.4) is 0 Å². The average molecular weight is 230 g/mol. The molecule has 1 aromatic heterocycles. The highest BCUT2D eigenvalue weighted by atomic mass is 79.9. The summed E-state index contributed by atoms with van der Waals surface area (Å²) in [5, 5.41) is 4.04. The third kappa shape index (κ3) is 2.66. The predicted molar refractivity (Wildman–Crippen MR) is 52.6 cm³/mol. The Morgan fingerprint density at radius 1 is 1.55 bits per heavy atom. The summed E-state index contributed by atoms with van der Waals surface area (Å²) in [7, 11) is 0. The Hall–Kier alpha value is -0.300. The lowest BCUT2D eigenvalue weighted by Crippen LogP contribution is -1.95. The van der Waals surface area contributed by atoms with Crippen LogP contribution in [0.25, 0.3) is 0 Å². The molecule has 0 unspecified atom stereocenters. The molecule has 1 rings (SSSR count). The Morgan fingerprint density at radius 3 is 2.91 bits per heavy atom. The van der Waals surface area contributed by atoms with Crippen molar-refractivity contribution in [2.45, 2.75) is 6.42 Å². The molecule has 0 bridgehead atoms. The lowest BCUT2D eigenvalue weighted by Gasteiger charge is -1.82. The minimum Gasteiger partial charge on any atom is -0.330 e. The highest BCUT2D eigenvalue weighted by Gasteiger charge is 1.93. The first kappa shape index (κ1) is 8.79. The zero-order chi connectivity index (χ0) is 8.10. The van der Waals surface area contributed by atoms with E-state index in [1.165, 1.54) is 0 Å². The summed E-state index contributed by atoms with van der Waals surface area (Å²) >= 11 is 5.04. The van der Waals surface area contributed by atoms with Crippen molar-refractivity contribution < 1.29 is 0 Å². The number of hydrogen-bond donors (Lipinski definition) is 1. The molecule has 0 saturated carbocycles. The Bertz CT molecular complexity index is 282. The molecule has 58 valence electrons. The predicted octanol–water partition coefficient (Wildman–Crippen LogP) is 2.21. The minimum atomic E-state index is 0.634. The van der Waals surface area contributed by atoms with Crippen molar-refractivity contribution in [1.29, 1.82) is 0 Å². The summed E-state index contributed by atoms with van der Waals surface area (Å²) in [6, 6.07) is 0. The quantitative estimate of drug-likeness (QED) is 0.735. The number of rotatable bonds is 1. The largest absolute Gasteiger partial charge is 0.330 e. The molecule has 0 amide bonds. The van der Waals surface area contributed by atoms with Crippen molar-refractivity contribution in [3.63, 3.8) is 0 Å². The molecule has 3 heteroatoms. The molecule has 0 aromatic carbocycles. The summed E-state index contributed by atoms with van der Waals surface area (Å²) in [4.78, 5) is 0. The molecular weight excluding hydrogens is 222 g/mol. The maximum atomic E-state index is 5.29. The molecule has 11 heavy (non-hydrogen) atoms. The zero-order valence-electron chi connectivity index (χ0n) is 5.93. The molecule has 0 aliphatic rings. The molecule has 2 N–H and O–H groups in total. The van der Waals surface area contributed by atoms with Gasteiger partial charge < -0.3 is 5.73 Å². The molecule has 0 saturated heterocycles. The van der Waals surface area contributed by atoms with Crippen LogP contribution in [0.1, 0.15) is 12.0 Å². The van der Waals surface area contributed by atoms with E-state index >= 15 is 0 Å². The topological polar surface area (TPSA) is 26.0 Å². The normalized spacial score (nSPS) is 8.91. The van der Waals surface area contributed by atoms with Crippen LogP contribution in [0.2, 0.25) is 0 Å². The van der Waals surface area contributed by atoms with Gasteiger partial charge in [-0.05, 0) is 15.9 Å². The molecule has 0 radical (unpaired) electrons. The SMILES string of the molecule is NCCC#Cc1cscc1Br. The highest BCUT2D eigenvalue weighted by Crippen LogP contribution is 2.19. The summed E-state index contributed by atoms with van der Waals surface area (Å²) in [6.07, 6.45) is 0.766. The standard InChI is InChI=1S/C8H8BrNS/c9-8-6-11-5-7(8)3-1-2-4-10/h5-6H,2,4,10H2. The monoisotopic (exact) mass is 229 g/mol. The fourth-order valence-electron chi connectivity index (χ4n) is 0.601. The van der Waals surface area contributed by atoms with Crippen LogP contribution in [0.5, 0.6) is 0 Å². The van der Waals surface area contributed by atoms with E-state index in [9.17, 15) is 0 Å². The van der Waals surface area contributed by atoms with E-state index < -0.39 is 0 Å². The number of thiophene rings is 1. The van der Waals surface area contributed by atoms with Crippen molar-refractivity contribution in [3.05, 3.63) is 20.8 Å². The second kappa shape index (κ2) is 4.55. The Balaban J connectivity index is 2.65. The van der Waals surface area contributed by atoms with Gasteiger partial charge in [-0.1, -0.05) is 11.8 Å². The molecular formula is C8H8BrNS. The number of halogens is 1. The van der Waals surface area contributed by atoms with Crippen molar-refractivity contribution in [3.8, 4) is 11.8 Å². The Kier molecular flexibility index (Phi) is 3.64. The Labute approximate surface area is 78.7 Å². The van der Waals surface area contributed by atoms with Crippen LogP contribution in [0.15, 0.2) is 15.2 Å². The maximum Gasteiger partial charge on any atom is 0.0494 e. The van der Waals surface area contributed by atoms with E-state index in [0.717, 1.165) is 16.5 Å². The van der Waals surface area contributed by atoms with Crippen LogP contribution in [-0.4, -0.2) is 6.54 Å². The van der Waals surface area contributed by atoms with E-state index in [2.05, 4.69) is 27.8 Å². The van der Waals surface area contributed by atoms with E-state index in [1.54, 1.807) is 11.3 Å². The van der Waals surface area contributed by atoms with Crippen LogP contribution < -0.4 is 5.73 Å². The minimum absolute atomic E-state index is 0.634. The molecule has 0 aliphatic heterocycles. The van der Waals surface area contributed by atoms with Gasteiger partial charge >= 0.3 is 0 Å². The smallest absolute Gasteiger partial charge is 0.0494 e. The van der Waals surface area contributed by atoms with Crippen molar-refractivity contribution in [2.75, 3.05) is 6.54 Å². The van der Waals surface area contributed by atoms with Gasteiger partial charge in [0.05, 0.1) is 0 Å². The second-order valence-electron chi connectivity index (χ2n) is 1.97.